The van der Waals surface area contributed by atoms with Gasteiger partial charge in [-0.15, -0.1) is 6.58 Å². The molecule has 1 aliphatic rings. The summed E-state index contributed by atoms with van der Waals surface area (Å²) in [5.74, 6) is 11.3. The molecule has 2 atom stereocenters. The van der Waals surface area contributed by atoms with E-state index in [1.54, 1.807) is 6.08 Å². The molecule has 0 radical (unpaired) electrons. The van der Waals surface area contributed by atoms with Gasteiger partial charge in [-0.2, -0.15) is 0 Å². The summed E-state index contributed by atoms with van der Waals surface area (Å²) >= 11 is 0. The highest BCUT2D eigenvalue weighted by Crippen LogP contribution is 2.32. The second-order valence-electron chi connectivity index (χ2n) is 6.22. The van der Waals surface area contributed by atoms with Crippen LogP contribution in [0.1, 0.15) is 72.1 Å². The van der Waals surface area contributed by atoms with Crippen molar-refractivity contribution in [2.24, 2.45) is 0 Å². The van der Waals surface area contributed by atoms with Gasteiger partial charge < -0.3 is 9.47 Å². The number of hydrogen-bond acceptors (Lipinski definition) is 2. The van der Waals surface area contributed by atoms with Gasteiger partial charge in [0.25, 0.3) is 0 Å². The van der Waals surface area contributed by atoms with E-state index >= 15 is 0 Å². The minimum absolute atomic E-state index is 0.0647. The zero-order valence-corrected chi connectivity index (χ0v) is 14.4. The van der Waals surface area contributed by atoms with E-state index in [0.29, 0.717) is 12.8 Å². The second kappa shape index (κ2) is 10.5. The standard InChI is InChI=1S/C20H30O2/c1-5-7-9-11-13-15-17-19-18(21-20(3,4)22-19)16-14-12-10-8-6-2/h5,18-19H,1,6-8,10,12,14,16-17H2,2-4H3/t18-,19-/m1/s1. The third-order valence-electron chi connectivity index (χ3n) is 3.67. The first-order valence-corrected chi connectivity index (χ1v) is 8.51. The zero-order valence-electron chi connectivity index (χ0n) is 14.4. The quantitative estimate of drug-likeness (QED) is 0.363. The number of allylic oxidation sites excluding steroid dienone is 1. The van der Waals surface area contributed by atoms with Crippen LogP contribution in [-0.2, 0) is 9.47 Å². The molecule has 0 amide bonds. The van der Waals surface area contributed by atoms with Crippen LogP contribution < -0.4 is 0 Å². The van der Waals surface area contributed by atoms with Crippen LogP contribution >= 0.6 is 0 Å². The van der Waals surface area contributed by atoms with Crippen LogP contribution in [0.15, 0.2) is 12.7 Å². The lowest BCUT2D eigenvalue weighted by molar-refractivity contribution is -0.146. The number of ether oxygens (including phenoxy) is 2. The molecule has 0 bridgehead atoms. The summed E-state index contributed by atoms with van der Waals surface area (Å²) in [7, 11) is 0. The van der Waals surface area contributed by atoms with Crippen LogP contribution in [0.5, 0.6) is 0 Å². The highest BCUT2D eigenvalue weighted by atomic mass is 16.7. The third-order valence-corrected chi connectivity index (χ3v) is 3.67. The predicted molar refractivity (Wildman–Crippen MR) is 92.2 cm³/mol. The molecule has 1 fully saturated rings. The Balaban J connectivity index is 2.40. The molecule has 0 spiro atoms. The van der Waals surface area contributed by atoms with Crippen LogP contribution in [0.3, 0.4) is 0 Å². The highest BCUT2D eigenvalue weighted by molar-refractivity contribution is 5.26. The van der Waals surface area contributed by atoms with E-state index < -0.39 is 5.79 Å². The summed E-state index contributed by atoms with van der Waals surface area (Å²) < 4.78 is 12.0. The number of hydrogen-bond donors (Lipinski definition) is 0. The van der Waals surface area contributed by atoms with Crippen molar-refractivity contribution in [2.75, 3.05) is 0 Å². The van der Waals surface area contributed by atoms with Crippen LogP contribution in [0.25, 0.3) is 0 Å². The summed E-state index contributed by atoms with van der Waals surface area (Å²) in [6.07, 6.45) is 10.8. The maximum absolute atomic E-state index is 6.02. The summed E-state index contributed by atoms with van der Waals surface area (Å²) in [4.78, 5) is 0. The average Bonchev–Trinajstić information content (AvgIpc) is 2.77. The van der Waals surface area contributed by atoms with Crippen LogP contribution in [-0.4, -0.2) is 18.0 Å². The van der Waals surface area contributed by atoms with Crippen molar-refractivity contribution in [1.82, 2.24) is 0 Å². The smallest absolute Gasteiger partial charge is 0.163 e. The Morgan fingerprint density at radius 2 is 1.68 bits per heavy atom. The Hall–Kier alpha value is -1.22. The van der Waals surface area contributed by atoms with Gasteiger partial charge in [0, 0.05) is 12.8 Å². The summed E-state index contributed by atoms with van der Waals surface area (Å²) in [5, 5.41) is 0. The fourth-order valence-corrected chi connectivity index (χ4v) is 2.64. The molecule has 2 nitrogen and oxygen atoms in total. The van der Waals surface area contributed by atoms with Gasteiger partial charge in [-0.05, 0) is 32.1 Å². The summed E-state index contributed by atoms with van der Waals surface area (Å²) in [6.45, 7) is 9.83. The van der Waals surface area contributed by atoms with E-state index in [0.717, 1.165) is 6.42 Å². The van der Waals surface area contributed by atoms with Gasteiger partial charge in [0.15, 0.2) is 5.79 Å². The molecule has 0 unspecified atom stereocenters. The largest absolute Gasteiger partial charge is 0.345 e. The fourth-order valence-electron chi connectivity index (χ4n) is 2.64. The Kier molecular flexibility index (Phi) is 8.98. The first-order chi connectivity index (χ1) is 10.6. The van der Waals surface area contributed by atoms with Gasteiger partial charge in [0.2, 0.25) is 0 Å². The molecule has 1 aliphatic heterocycles. The maximum atomic E-state index is 6.02. The van der Waals surface area contributed by atoms with Gasteiger partial charge >= 0.3 is 0 Å². The Morgan fingerprint density at radius 3 is 2.41 bits per heavy atom. The number of unbranched alkanes of at least 4 members (excludes halogenated alkanes) is 4. The molecular formula is C20H30O2. The molecule has 0 aromatic heterocycles. The molecule has 0 aliphatic carbocycles. The van der Waals surface area contributed by atoms with E-state index in [9.17, 15) is 0 Å². The van der Waals surface area contributed by atoms with E-state index in [1.807, 2.05) is 13.8 Å². The van der Waals surface area contributed by atoms with Crippen molar-refractivity contribution < 1.29 is 9.47 Å². The molecule has 1 rings (SSSR count). The molecular weight excluding hydrogens is 272 g/mol. The van der Waals surface area contributed by atoms with Gasteiger partial charge in [-0.25, -0.2) is 0 Å². The average molecular weight is 302 g/mol. The van der Waals surface area contributed by atoms with E-state index in [-0.39, 0.29) is 12.2 Å². The third kappa shape index (κ3) is 7.69. The van der Waals surface area contributed by atoms with Crippen LogP contribution in [0.2, 0.25) is 0 Å². The van der Waals surface area contributed by atoms with Crippen LogP contribution in [0.4, 0.5) is 0 Å². The fraction of sp³-hybridized carbons (Fsp3) is 0.700. The summed E-state index contributed by atoms with van der Waals surface area (Å²) in [6, 6.07) is 0. The molecule has 0 saturated carbocycles. The number of rotatable bonds is 8. The zero-order chi connectivity index (χ0) is 16.3. The molecule has 122 valence electrons. The van der Waals surface area contributed by atoms with Crippen molar-refractivity contribution in [3.63, 3.8) is 0 Å². The van der Waals surface area contributed by atoms with E-state index in [1.165, 1.54) is 32.1 Å². The van der Waals surface area contributed by atoms with Crippen LogP contribution in [0, 0.1) is 23.7 Å². The van der Waals surface area contributed by atoms with Gasteiger partial charge in [-0.3, -0.25) is 0 Å². The van der Waals surface area contributed by atoms with E-state index in [4.69, 9.17) is 9.47 Å². The van der Waals surface area contributed by atoms with Gasteiger partial charge in [0.1, 0.15) is 0 Å². The van der Waals surface area contributed by atoms with Crippen molar-refractivity contribution in [2.45, 2.75) is 90.1 Å². The Bertz CT molecular complexity index is 442. The molecule has 0 aromatic rings. The van der Waals surface area contributed by atoms with Crippen molar-refractivity contribution in [3.8, 4) is 23.7 Å². The lowest BCUT2D eigenvalue weighted by Crippen LogP contribution is -2.21. The lowest BCUT2D eigenvalue weighted by atomic mass is 10.0. The monoisotopic (exact) mass is 302 g/mol. The summed E-state index contributed by atoms with van der Waals surface area (Å²) in [5.41, 5.74) is 0. The Morgan fingerprint density at radius 1 is 1.00 bits per heavy atom. The van der Waals surface area contributed by atoms with Gasteiger partial charge in [0.05, 0.1) is 12.2 Å². The first kappa shape index (κ1) is 18.8. The minimum atomic E-state index is -0.491. The Labute approximate surface area is 136 Å². The predicted octanol–water partition coefficient (Wildman–Crippen LogP) is 4.84. The second-order valence-corrected chi connectivity index (χ2v) is 6.22. The SMILES string of the molecule is C=CCC#CC#CC[C@H]1OC(C)(C)O[C@@H]1CCCCCCC. The first-order valence-electron chi connectivity index (χ1n) is 8.51. The molecule has 1 saturated heterocycles. The normalized spacial score (nSPS) is 22.3. The minimum Gasteiger partial charge on any atom is -0.345 e. The molecule has 2 heteroatoms. The van der Waals surface area contributed by atoms with Crippen molar-refractivity contribution in [1.29, 1.82) is 0 Å². The molecule has 1 heterocycles. The topological polar surface area (TPSA) is 18.5 Å². The van der Waals surface area contributed by atoms with E-state index in [2.05, 4.69) is 37.2 Å². The molecule has 0 N–H and O–H groups in total. The molecule has 22 heavy (non-hydrogen) atoms. The van der Waals surface area contributed by atoms with Gasteiger partial charge in [-0.1, -0.05) is 56.9 Å². The lowest BCUT2D eigenvalue weighted by Gasteiger charge is -2.16. The maximum Gasteiger partial charge on any atom is 0.163 e. The van der Waals surface area contributed by atoms with Crippen molar-refractivity contribution >= 4 is 0 Å². The highest BCUT2D eigenvalue weighted by Gasteiger charge is 2.40. The van der Waals surface area contributed by atoms with Crippen molar-refractivity contribution in [3.05, 3.63) is 12.7 Å². The molecule has 0 aromatic carbocycles.